The van der Waals surface area contributed by atoms with Crippen molar-refractivity contribution < 1.29 is 9.09 Å². The molecule has 1 fully saturated rings. The summed E-state index contributed by atoms with van der Waals surface area (Å²) in [5, 5.41) is 0. The van der Waals surface area contributed by atoms with Crippen LogP contribution in [0, 0.1) is 5.92 Å². The normalized spacial score (nSPS) is 19.9. The molecule has 0 aliphatic heterocycles. The van der Waals surface area contributed by atoms with Gasteiger partial charge in [0.25, 0.3) is 0 Å². The van der Waals surface area contributed by atoms with Crippen LogP contribution in [0.2, 0.25) is 0 Å². The monoisotopic (exact) mass is 189 g/mol. The molecular formula is C9H18O2P+. The van der Waals surface area contributed by atoms with Crippen molar-refractivity contribution in [3.63, 3.8) is 0 Å². The minimum absolute atomic E-state index is 0.653. The van der Waals surface area contributed by atoms with E-state index in [2.05, 4.69) is 0 Å². The Bertz CT molecular complexity index is 141. The fourth-order valence-electron chi connectivity index (χ4n) is 1.71. The Morgan fingerprint density at radius 2 is 2.08 bits per heavy atom. The van der Waals surface area contributed by atoms with E-state index in [0.29, 0.717) is 12.8 Å². The van der Waals surface area contributed by atoms with Crippen molar-refractivity contribution in [1.29, 1.82) is 0 Å². The van der Waals surface area contributed by atoms with Crippen LogP contribution in [0.15, 0.2) is 0 Å². The van der Waals surface area contributed by atoms with E-state index in [4.69, 9.17) is 4.52 Å². The first-order valence-electron chi connectivity index (χ1n) is 4.90. The molecule has 12 heavy (non-hydrogen) atoms. The lowest BCUT2D eigenvalue weighted by Crippen LogP contribution is -1.98. The van der Waals surface area contributed by atoms with Crippen LogP contribution in [-0.2, 0) is 9.09 Å². The van der Waals surface area contributed by atoms with Gasteiger partial charge < -0.3 is 0 Å². The molecule has 1 aliphatic rings. The topological polar surface area (TPSA) is 26.3 Å². The summed E-state index contributed by atoms with van der Waals surface area (Å²) in [5.74, 6) is 0.852. The van der Waals surface area contributed by atoms with Crippen LogP contribution >= 0.6 is 8.03 Å². The minimum Gasteiger partial charge on any atom is -0.146 e. The van der Waals surface area contributed by atoms with Gasteiger partial charge >= 0.3 is 8.03 Å². The third-order valence-electron chi connectivity index (χ3n) is 2.49. The molecule has 0 heterocycles. The summed E-state index contributed by atoms with van der Waals surface area (Å²) in [5.41, 5.74) is 0. The zero-order valence-corrected chi connectivity index (χ0v) is 8.69. The molecule has 0 aromatic carbocycles. The molecule has 1 unspecified atom stereocenters. The van der Waals surface area contributed by atoms with E-state index < -0.39 is 8.03 Å². The van der Waals surface area contributed by atoms with Crippen molar-refractivity contribution in [2.24, 2.45) is 5.92 Å². The van der Waals surface area contributed by atoms with Crippen molar-refractivity contribution in [3.05, 3.63) is 0 Å². The van der Waals surface area contributed by atoms with E-state index in [1.54, 1.807) is 0 Å². The average molecular weight is 189 g/mol. The number of hydrogen-bond acceptors (Lipinski definition) is 2. The van der Waals surface area contributed by atoms with Gasteiger partial charge in [0.2, 0.25) is 0 Å². The maximum atomic E-state index is 10.9. The van der Waals surface area contributed by atoms with Gasteiger partial charge in [-0.1, -0.05) is 25.7 Å². The molecule has 3 heteroatoms. The molecule has 0 bridgehead atoms. The van der Waals surface area contributed by atoms with Crippen molar-refractivity contribution in [2.75, 3.05) is 12.8 Å². The predicted molar refractivity (Wildman–Crippen MR) is 50.7 cm³/mol. The second kappa shape index (κ2) is 5.66. The molecule has 0 aromatic heterocycles. The summed E-state index contributed by atoms with van der Waals surface area (Å²) in [6, 6.07) is 0. The van der Waals surface area contributed by atoms with Gasteiger partial charge in [-0.25, -0.2) is 0 Å². The van der Waals surface area contributed by atoms with Gasteiger partial charge in [-0.15, -0.1) is 4.52 Å². The summed E-state index contributed by atoms with van der Waals surface area (Å²) in [4.78, 5) is 0. The molecule has 2 nitrogen and oxygen atoms in total. The maximum absolute atomic E-state index is 10.9. The van der Waals surface area contributed by atoms with Crippen LogP contribution in [-0.4, -0.2) is 12.8 Å². The molecule has 0 spiro atoms. The first-order valence-corrected chi connectivity index (χ1v) is 6.26. The first-order chi connectivity index (χ1) is 5.83. The Balaban J connectivity index is 1.97. The molecule has 1 saturated carbocycles. The fraction of sp³-hybridized carbons (Fsp3) is 1.00. The van der Waals surface area contributed by atoms with E-state index >= 15 is 0 Å². The van der Waals surface area contributed by atoms with Crippen LogP contribution in [0.5, 0.6) is 0 Å². The second-order valence-corrected chi connectivity index (χ2v) is 4.98. The predicted octanol–water partition coefficient (Wildman–Crippen LogP) is 3.35. The summed E-state index contributed by atoms with van der Waals surface area (Å²) in [7, 11) is -1.35. The average Bonchev–Trinajstić information content (AvgIpc) is 2.57. The molecule has 70 valence electrons. The molecular weight excluding hydrogens is 171 g/mol. The van der Waals surface area contributed by atoms with Crippen LogP contribution in [0.25, 0.3) is 0 Å². The van der Waals surface area contributed by atoms with Gasteiger partial charge in [-0.2, -0.15) is 0 Å². The molecule has 0 N–H and O–H groups in total. The van der Waals surface area contributed by atoms with Gasteiger partial charge in [-0.3, -0.25) is 0 Å². The van der Waals surface area contributed by atoms with Gasteiger partial charge in [0.1, 0.15) is 6.61 Å². The Labute approximate surface area is 75.6 Å². The first kappa shape index (κ1) is 10.1. The second-order valence-electron chi connectivity index (χ2n) is 3.42. The van der Waals surface area contributed by atoms with Crippen molar-refractivity contribution in [2.45, 2.75) is 39.0 Å². The standard InChI is InChI=1S/C9H18O2P/c1-2-12(10)11-8-7-9-5-3-4-6-9/h9H,2-8H2,1H3/q+1. The van der Waals surface area contributed by atoms with Crippen LogP contribution in [0.3, 0.4) is 0 Å². The van der Waals surface area contributed by atoms with E-state index in [-0.39, 0.29) is 0 Å². The van der Waals surface area contributed by atoms with Crippen molar-refractivity contribution >= 4 is 8.03 Å². The summed E-state index contributed by atoms with van der Waals surface area (Å²) in [6.45, 7) is 2.60. The molecule has 0 saturated heterocycles. The third-order valence-corrected chi connectivity index (χ3v) is 3.48. The Morgan fingerprint density at radius 3 is 2.67 bits per heavy atom. The van der Waals surface area contributed by atoms with E-state index in [0.717, 1.165) is 12.3 Å². The van der Waals surface area contributed by atoms with Gasteiger partial charge in [0.05, 0.1) is 0 Å². The van der Waals surface area contributed by atoms with Gasteiger partial charge in [0.15, 0.2) is 6.16 Å². The highest BCUT2D eigenvalue weighted by atomic mass is 31.1. The minimum atomic E-state index is -1.35. The van der Waals surface area contributed by atoms with Crippen LogP contribution in [0.1, 0.15) is 39.0 Å². The van der Waals surface area contributed by atoms with Gasteiger partial charge in [0, 0.05) is 0 Å². The smallest absolute Gasteiger partial charge is 0.146 e. The summed E-state index contributed by atoms with van der Waals surface area (Å²) < 4.78 is 16.1. The quantitative estimate of drug-likeness (QED) is 0.620. The SMILES string of the molecule is CC[P+](=O)OCCC1CCCC1. The molecule has 0 aromatic rings. The highest BCUT2D eigenvalue weighted by Crippen LogP contribution is 2.29. The largest absolute Gasteiger partial charge is 0.507 e. The molecule has 1 aliphatic carbocycles. The molecule has 1 atom stereocenters. The zero-order valence-electron chi connectivity index (χ0n) is 7.79. The fourth-order valence-corrected chi connectivity index (χ4v) is 2.20. The van der Waals surface area contributed by atoms with E-state index in [1.165, 1.54) is 25.7 Å². The summed E-state index contributed by atoms with van der Waals surface area (Å²) >= 11 is 0. The highest BCUT2D eigenvalue weighted by molar-refractivity contribution is 7.39. The lowest BCUT2D eigenvalue weighted by Gasteiger charge is -2.03. The van der Waals surface area contributed by atoms with Crippen molar-refractivity contribution in [1.82, 2.24) is 0 Å². The zero-order chi connectivity index (χ0) is 8.81. The van der Waals surface area contributed by atoms with Crippen LogP contribution < -0.4 is 0 Å². The lowest BCUT2D eigenvalue weighted by atomic mass is 10.1. The molecule has 1 rings (SSSR count). The summed E-state index contributed by atoms with van der Waals surface area (Å²) in [6.07, 6.45) is 7.23. The third kappa shape index (κ3) is 3.64. The van der Waals surface area contributed by atoms with Crippen LogP contribution in [0.4, 0.5) is 0 Å². The Morgan fingerprint density at radius 1 is 1.42 bits per heavy atom. The lowest BCUT2D eigenvalue weighted by molar-refractivity contribution is 0.290. The van der Waals surface area contributed by atoms with Crippen molar-refractivity contribution in [3.8, 4) is 0 Å². The maximum Gasteiger partial charge on any atom is 0.507 e. The molecule has 0 amide bonds. The molecule has 0 radical (unpaired) electrons. The van der Waals surface area contributed by atoms with Gasteiger partial charge in [-0.05, 0) is 23.8 Å². The number of rotatable bonds is 5. The van der Waals surface area contributed by atoms with E-state index in [9.17, 15) is 4.57 Å². The number of hydrogen-bond donors (Lipinski definition) is 0. The Kier molecular flexibility index (Phi) is 4.79. The Hall–Kier alpha value is 0.0600. The highest BCUT2D eigenvalue weighted by Gasteiger charge is 2.18. The van der Waals surface area contributed by atoms with E-state index in [1.807, 2.05) is 6.92 Å².